The van der Waals surface area contributed by atoms with Gasteiger partial charge in [-0.3, -0.25) is 4.79 Å². The van der Waals surface area contributed by atoms with E-state index in [1.54, 1.807) is 31.3 Å². The van der Waals surface area contributed by atoms with Gasteiger partial charge in [0.05, 0.1) is 14.9 Å². The van der Waals surface area contributed by atoms with Crippen LogP contribution in [0.4, 0.5) is 5.69 Å². The molecule has 0 aliphatic carbocycles. The highest BCUT2D eigenvalue weighted by molar-refractivity contribution is 7.89. The fourth-order valence-electron chi connectivity index (χ4n) is 2.23. The Labute approximate surface area is 164 Å². The molecule has 140 valence electrons. The fraction of sp³-hybridized carbons (Fsp3) is 0.278. The lowest BCUT2D eigenvalue weighted by Gasteiger charge is -2.17. The van der Waals surface area contributed by atoms with Crippen LogP contribution in [0, 0.1) is 0 Å². The van der Waals surface area contributed by atoms with E-state index < -0.39 is 10.0 Å². The Balaban J connectivity index is 2.11. The Morgan fingerprint density at radius 3 is 2.31 bits per heavy atom. The van der Waals surface area contributed by atoms with Crippen LogP contribution in [0.5, 0.6) is 0 Å². The molecule has 8 heteroatoms. The zero-order valence-corrected chi connectivity index (χ0v) is 16.8. The minimum Gasteiger partial charge on any atom is -0.322 e. The third kappa shape index (κ3) is 4.98. The van der Waals surface area contributed by atoms with Crippen molar-refractivity contribution in [3.05, 3.63) is 58.1 Å². The molecule has 0 fully saturated rings. The maximum absolute atomic E-state index is 12.5. The average Bonchev–Trinajstić information content (AvgIpc) is 2.62. The number of benzene rings is 2. The van der Waals surface area contributed by atoms with E-state index in [0.717, 1.165) is 12.8 Å². The lowest BCUT2D eigenvalue weighted by molar-refractivity contribution is 0.102. The lowest BCUT2D eigenvalue weighted by Crippen LogP contribution is -2.27. The second-order valence-electron chi connectivity index (χ2n) is 5.79. The van der Waals surface area contributed by atoms with E-state index >= 15 is 0 Å². The Morgan fingerprint density at radius 1 is 1.08 bits per heavy atom. The van der Waals surface area contributed by atoms with Crippen LogP contribution in [0.3, 0.4) is 0 Å². The van der Waals surface area contributed by atoms with Gasteiger partial charge in [0.15, 0.2) is 0 Å². The summed E-state index contributed by atoms with van der Waals surface area (Å²) in [5.41, 5.74) is 0.839. The number of nitrogens with one attached hydrogen (secondary N) is 1. The second kappa shape index (κ2) is 8.86. The van der Waals surface area contributed by atoms with E-state index in [4.69, 9.17) is 23.2 Å². The van der Waals surface area contributed by atoms with Crippen molar-refractivity contribution >= 4 is 44.8 Å². The fourth-order valence-corrected chi connectivity index (χ4v) is 3.74. The van der Waals surface area contributed by atoms with Gasteiger partial charge in [0.25, 0.3) is 5.91 Å². The van der Waals surface area contributed by atoms with E-state index in [2.05, 4.69) is 5.32 Å². The summed E-state index contributed by atoms with van der Waals surface area (Å²) in [5.74, 6) is -0.362. The second-order valence-corrected chi connectivity index (χ2v) is 8.65. The van der Waals surface area contributed by atoms with Gasteiger partial charge in [-0.25, -0.2) is 12.7 Å². The van der Waals surface area contributed by atoms with Crippen molar-refractivity contribution in [1.82, 2.24) is 4.31 Å². The summed E-state index contributed by atoms with van der Waals surface area (Å²) in [5, 5.41) is 3.35. The third-order valence-electron chi connectivity index (χ3n) is 3.83. The molecule has 0 saturated heterocycles. The largest absolute Gasteiger partial charge is 0.322 e. The van der Waals surface area contributed by atoms with Gasteiger partial charge in [-0.05, 0) is 48.9 Å². The Kier molecular flexibility index (Phi) is 7.06. The van der Waals surface area contributed by atoms with Crippen LogP contribution in [-0.2, 0) is 10.0 Å². The van der Waals surface area contributed by atoms with Gasteiger partial charge in [-0.15, -0.1) is 0 Å². The molecule has 0 saturated carbocycles. The minimum atomic E-state index is -3.53. The van der Waals surface area contributed by atoms with Crippen LogP contribution in [0.1, 0.15) is 30.1 Å². The Hall–Kier alpha value is -1.60. The zero-order valence-electron chi connectivity index (χ0n) is 14.5. The molecule has 1 N–H and O–H groups in total. The van der Waals surface area contributed by atoms with Crippen molar-refractivity contribution in [2.24, 2.45) is 0 Å². The number of unbranched alkanes of at least 4 members (excludes halogenated alkanes) is 1. The van der Waals surface area contributed by atoms with Crippen molar-refractivity contribution in [2.75, 3.05) is 18.9 Å². The highest BCUT2D eigenvalue weighted by atomic mass is 35.5. The maximum Gasteiger partial charge on any atom is 0.255 e. The van der Waals surface area contributed by atoms with Gasteiger partial charge in [-0.1, -0.05) is 36.5 Å². The van der Waals surface area contributed by atoms with E-state index in [1.165, 1.54) is 22.5 Å². The Bertz CT molecular complexity index is 884. The minimum absolute atomic E-state index is 0.184. The van der Waals surface area contributed by atoms with Crippen molar-refractivity contribution in [3.8, 4) is 0 Å². The highest BCUT2D eigenvalue weighted by Crippen LogP contribution is 2.23. The molecule has 0 unspecified atom stereocenters. The summed E-state index contributed by atoms with van der Waals surface area (Å²) < 4.78 is 26.3. The quantitative estimate of drug-likeness (QED) is 0.715. The van der Waals surface area contributed by atoms with Crippen LogP contribution in [0.15, 0.2) is 47.4 Å². The molecule has 0 aliphatic heterocycles. The first-order chi connectivity index (χ1) is 12.3. The SMILES string of the molecule is CCCCN(C)S(=O)(=O)c1ccc(NC(=O)c2ccc(Cl)c(Cl)c2)cc1. The zero-order chi connectivity index (χ0) is 19.3. The molecule has 1 amide bonds. The van der Waals surface area contributed by atoms with Crippen LogP contribution in [0.25, 0.3) is 0 Å². The highest BCUT2D eigenvalue weighted by Gasteiger charge is 2.20. The number of carbonyl (C=O) groups excluding carboxylic acids is 1. The molecule has 0 radical (unpaired) electrons. The monoisotopic (exact) mass is 414 g/mol. The molecule has 0 aliphatic rings. The summed E-state index contributed by atoms with van der Waals surface area (Å²) in [6, 6.07) is 10.6. The van der Waals surface area contributed by atoms with Crippen molar-refractivity contribution in [3.63, 3.8) is 0 Å². The van der Waals surface area contributed by atoms with Gasteiger partial charge in [0.1, 0.15) is 0 Å². The molecular formula is C18H20Cl2N2O3S. The molecule has 0 aromatic heterocycles. The molecule has 0 atom stereocenters. The number of hydrogen-bond donors (Lipinski definition) is 1. The smallest absolute Gasteiger partial charge is 0.255 e. The summed E-state index contributed by atoms with van der Waals surface area (Å²) in [6.45, 7) is 2.47. The van der Waals surface area contributed by atoms with Gasteiger partial charge in [0, 0.05) is 24.8 Å². The van der Waals surface area contributed by atoms with Crippen LogP contribution >= 0.6 is 23.2 Å². The van der Waals surface area contributed by atoms with E-state index in [9.17, 15) is 13.2 Å². The molecule has 0 bridgehead atoms. The van der Waals surface area contributed by atoms with Gasteiger partial charge in [0.2, 0.25) is 10.0 Å². The van der Waals surface area contributed by atoms with Crippen LogP contribution < -0.4 is 5.32 Å². The molecule has 2 rings (SSSR count). The molecular weight excluding hydrogens is 395 g/mol. The van der Waals surface area contributed by atoms with Gasteiger partial charge in [-0.2, -0.15) is 0 Å². The van der Waals surface area contributed by atoms with Crippen LogP contribution in [-0.4, -0.2) is 32.2 Å². The number of anilines is 1. The van der Waals surface area contributed by atoms with Crippen molar-refractivity contribution in [1.29, 1.82) is 0 Å². The van der Waals surface area contributed by atoms with Crippen LogP contribution in [0.2, 0.25) is 10.0 Å². The number of hydrogen-bond acceptors (Lipinski definition) is 3. The van der Waals surface area contributed by atoms with Gasteiger partial charge < -0.3 is 5.32 Å². The Morgan fingerprint density at radius 2 is 1.73 bits per heavy atom. The summed E-state index contributed by atoms with van der Waals surface area (Å²) >= 11 is 11.8. The first-order valence-corrected chi connectivity index (χ1v) is 10.3. The molecule has 26 heavy (non-hydrogen) atoms. The predicted molar refractivity (Wildman–Crippen MR) is 106 cm³/mol. The molecule has 0 heterocycles. The number of halogens is 2. The number of nitrogens with zero attached hydrogens (tertiary/aromatic N) is 1. The average molecular weight is 415 g/mol. The number of carbonyl (C=O) groups is 1. The topological polar surface area (TPSA) is 66.5 Å². The summed E-state index contributed by atoms with van der Waals surface area (Å²) in [4.78, 5) is 12.4. The first-order valence-electron chi connectivity index (χ1n) is 8.08. The normalized spacial score (nSPS) is 11.6. The number of sulfonamides is 1. The lowest BCUT2D eigenvalue weighted by atomic mass is 10.2. The third-order valence-corrected chi connectivity index (χ3v) is 6.44. The van der Waals surface area contributed by atoms with Crippen molar-refractivity contribution in [2.45, 2.75) is 24.7 Å². The number of rotatable bonds is 7. The van der Waals surface area contributed by atoms with Gasteiger partial charge >= 0.3 is 0 Å². The molecule has 2 aromatic rings. The molecule has 2 aromatic carbocycles. The van der Waals surface area contributed by atoms with E-state index in [-0.39, 0.29) is 15.8 Å². The molecule has 5 nitrogen and oxygen atoms in total. The predicted octanol–water partition coefficient (Wildman–Crippen LogP) is 4.67. The van der Waals surface area contributed by atoms with Crippen molar-refractivity contribution < 1.29 is 13.2 Å². The standard InChI is InChI=1S/C18H20Cl2N2O3S/c1-3-4-11-22(2)26(24,25)15-8-6-14(7-9-15)21-18(23)13-5-10-16(19)17(20)12-13/h5-10,12H,3-4,11H2,1-2H3,(H,21,23). The maximum atomic E-state index is 12.5. The molecule has 0 spiro atoms. The van der Waals surface area contributed by atoms with E-state index in [1.807, 2.05) is 6.92 Å². The number of amides is 1. The first kappa shape index (κ1) is 20.7. The summed E-state index contributed by atoms with van der Waals surface area (Å²) in [6.07, 6.45) is 1.72. The van der Waals surface area contributed by atoms with E-state index in [0.29, 0.717) is 22.8 Å². The summed E-state index contributed by atoms with van der Waals surface area (Å²) in [7, 11) is -1.97.